The van der Waals surface area contributed by atoms with Crippen molar-refractivity contribution >= 4 is 5.69 Å². The number of nitrogens with zero attached hydrogens (tertiary/aromatic N) is 2. The number of anilines is 1. The molecule has 1 aromatic heterocycles. The summed E-state index contributed by atoms with van der Waals surface area (Å²) >= 11 is 0. The molecule has 1 saturated heterocycles. The van der Waals surface area contributed by atoms with Crippen LogP contribution in [0.3, 0.4) is 0 Å². The number of ether oxygens (including phenoxy) is 1. The summed E-state index contributed by atoms with van der Waals surface area (Å²) in [7, 11) is 1.65. The average molecular weight is 336 g/mol. The number of piperidine rings is 1. The molecule has 2 aromatic rings. The first-order valence-corrected chi connectivity index (χ1v) is 8.11. The van der Waals surface area contributed by atoms with E-state index < -0.39 is 11.6 Å². The SMILES string of the molecule is COCc1cc(CNC2CCN(c3ccc(F)c(F)c3)CC2)n[nH]1. The Hall–Kier alpha value is -1.99. The lowest BCUT2D eigenvalue weighted by Crippen LogP contribution is -2.42. The van der Waals surface area contributed by atoms with E-state index in [1.54, 1.807) is 13.2 Å². The van der Waals surface area contributed by atoms with E-state index in [-0.39, 0.29) is 0 Å². The molecular weight excluding hydrogens is 314 g/mol. The van der Waals surface area contributed by atoms with Gasteiger partial charge < -0.3 is 15.0 Å². The highest BCUT2D eigenvalue weighted by Crippen LogP contribution is 2.22. The lowest BCUT2D eigenvalue weighted by atomic mass is 10.0. The summed E-state index contributed by atoms with van der Waals surface area (Å²) in [5.41, 5.74) is 2.66. The van der Waals surface area contributed by atoms with Crippen LogP contribution in [0, 0.1) is 11.6 Å². The van der Waals surface area contributed by atoms with E-state index in [1.807, 2.05) is 6.07 Å². The molecule has 5 nitrogen and oxygen atoms in total. The van der Waals surface area contributed by atoms with Crippen molar-refractivity contribution in [2.75, 3.05) is 25.1 Å². The highest BCUT2D eigenvalue weighted by Gasteiger charge is 2.20. The Bertz CT molecular complexity index is 668. The molecular formula is C17H22F2N4O. The Kier molecular flexibility index (Phi) is 5.42. The van der Waals surface area contributed by atoms with E-state index >= 15 is 0 Å². The van der Waals surface area contributed by atoms with Crippen molar-refractivity contribution in [2.45, 2.75) is 32.0 Å². The van der Waals surface area contributed by atoms with Crippen LogP contribution in [0.15, 0.2) is 24.3 Å². The number of nitrogens with one attached hydrogen (secondary N) is 2. The molecule has 1 fully saturated rings. The molecule has 0 radical (unpaired) electrons. The maximum atomic E-state index is 13.3. The third kappa shape index (κ3) is 4.10. The summed E-state index contributed by atoms with van der Waals surface area (Å²) in [4.78, 5) is 2.09. The molecule has 24 heavy (non-hydrogen) atoms. The van der Waals surface area contributed by atoms with E-state index in [9.17, 15) is 8.78 Å². The zero-order chi connectivity index (χ0) is 16.9. The standard InChI is InChI=1S/C17H22F2N4O/c1-24-11-14-8-13(21-22-14)10-20-12-4-6-23(7-5-12)15-2-3-16(18)17(19)9-15/h2-3,8-9,12,20H,4-7,10-11H2,1H3,(H,21,22). The van der Waals surface area contributed by atoms with Crippen molar-refractivity contribution in [1.29, 1.82) is 0 Å². The zero-order valence-electron chi connectivity index (χ0n) is 13.7. The molecule has 7 heteroatoms. The zero-order valence-corrected chi connectivity index (χ0v) is 13.7. The molecule has 0 saturated carbocycles. The van der Waals surface area contributed by atoms with Crippen molar-refractivity contribution in [3.63, 3.8) is 0 Å². The van der Waals surface area contributed by atoms with Crippen LogP contribution in [-0.4, -0.2) is 36.4 Å². The molecule has 3 rings (SSSR count). The van der Waals surface area contributed by atoms with E-state index in [0.29, 0.717) is 19.2 Å². The second kappa shape index (κ2) is 7.72. The van der Waals surface area contributed by atoms with Gasteiger partial charge in [-0.3, -0.25) is 5.10 Å². The molecule has 2 heterocycles. The summed E-state index contributed by atoms with van der Waals surface area (Å²) in [5.74, 6) is -1.60. The fourth-order valence-corrected chi connectivity index (χ4v) is 3.00. The lowest BCUT2D eigenvalue weighted by Gasteiger charge is -2.34. The van der Waals surface area contributed by atoms with Gasteiger partial charge in [-0.1, -0.05) is 0 Å². The molecule has 0 bridgehead atoms. The van der Waals surface area contributed by atoms with Gasteiger partial charge in [0.2, 0.25) is 0 Å². The van der Waals surface area contributed by atoms with Crippen LogP contribution < -0.4 is 10.2 Å². The Labute approximate surface area is 140 Å². The largest absolute Gasteiger partial charge is 0.378 e. The van der Waals surface area contributed by atoms with Gasteiger partial charge in [-0.25, -0.2) is 8.78 Å². The first-order chi connectivity index (χ1) is 11.7. The van der Waals surface area contributed by atoms with Crippen LogP contribution in [0.2, 0.25) is 0 Å². The van der Waals surface area contributed by atoms with Crippen LogP contribution in [-0.2, 0) is 17.9 Å². The highest BCUT2D eigenvalue weighted by atomic mass is 19.2. The third-order valence-corrected chi connectivity index (χ3v) is 4.32. The monoisotopic (exact) mass is 336 g/mol. The van der Waals surface area contributed by atoms with Crippen LogP contribution in [0.1, 0.15) is 24.2 Å². The second-order valence-electron chi connectivity index (χ2n) is 6.06. The predicted molar refractivity (Wildman–Crippen MR) is 87.7 cm³/mol. The first-order valence-electron chi connectivity index (χ1n) is 8.11. The summed E-state index contributed by atoms with van der Waals surface area (Å²) in [6.45, 7) is 2.87. The minimum absolute atomic E-state index is 0.397. The second-order valence-corrected chi connectivity index (χ2v) is 6.06. The van der Waals surface area contributed by atoms with Crippen molar-refractivity contribution < 1.29 is 13.5 Å². The van der Waals surface area contributed by atoms with E-state index in [1.165, 1.54) is 12.1 Å². The van der Waals surface area contributed by atoms with Crippen molar-refractivity contribution in [2.24, 2.45) is 0 Å². The molecule has 0 aliphatic carbocycles. The number of rotatable bonds is 6. The van der Waals surface area contributed by atoms with Crippen LogP contribution in [0.5, 0.6) is 0 Å². The average Bonchev–Trinajstić information content (AvgIpc) is 3.04. The van der Waals surface area contributed by atoms with Crippen molar-refractivity contribution in [1.82, 2.24) is 15.5 Å². The quantitative estimate of drug-likeness (QED) is 0.851. The summed E-state index contributed by atoms with van der Waals surface area (Å²) in [5, 5.41) is 10.7. The summed E-state index contributed by atoms with van der Waals surface area (Å²) in [6, 6.07) is 6.48. The van der Waals surface area contributed by atoms with Crippen LogP contribution in [0.25, 0.3) is 0 Å². The molecule has 2 N–H and O–H groups in total. The van der Waals surface area contributed by atoms with Crippen molar-refractivity contribution in [3.8, 4) is 0 Å². The van der Waals surface area contributed by atoms with Crippen LogP contribution in [0.4, 0.5) is 14.5 Å². The fourth-order valence-electron chi connectivity index (χ4n) is 3.00. The molecule has 1 aliphatic rings. The Morgan fingerprint density at radius 3 is 2.75 bits per heavy atom. The molecule has 0 unspecified atom stereocenters. The third-order valence-electron chi connectivity index (χ3n) is 4.32. The van der Waals surface area contributed by atoms with Gasteiger partial charge in [0.05, 0.1) is 18.0 Å². The molecule has 130 valence electrons. The van der Waals surface area contributed by atoms with E-state index in [4.69, 9.17) is 4.74 Å². The van der Waals surface area contributed by atoms with Crippen LogP contribution >= 0.6 is 0 Å². The molecule has 1 aromatic carbocycles. The van der Waals surface area contributed by atoms with E-state index in [0.717, 1.165) is 43.0 Å². The highest BCUT2D eigenvalue weighted by molar-refractivity contribution is 5.47. The van der Waals surface area contributed by atoms with Gasteiger partial charge in [0.25, 0.3) is 0 Å². The number of benzene rings is 1. The number of H-pyrrole nitrogens is 1. The van der Waals surface area contributed by atoms with Crippen molar-refractivity contribution in [3.05, 3.63) is 47.3 Å². The smallest absolute Gasteiger partial charge is 0.160 e. The van der Waals surface area contributed by atoms with Gasteiger partial charge >= 0.3 is 0 Å². The lowest BCUT2D eigenvalue weighted by molar-refractivity contribution is 0.181. The number of methoxy groups -OCH3 is 1. The maximum Gasteiger partial charge on any atom is 0.160 e. The minimum atomic E-state index is -0.804. The number of aromatic nitrogens is 2. The van der Waals surface area contributed by atoms with Gasteiger partial charge in [-0.15, -0.1) is 0 Å². The molecule has 1 aliphatic heterocycles. The Balaban J connectivity index is 1.47. The van der Waals surface area contributed by atoms with Gasteiger partial charge in [-0.2, -0.15) is 5.10 Å². The minimum Gasteiger partial charge on any atom is -0.378 e. The fraction of sp³-hybridized carbons (Fsp3) is 0.471. The Morgan fingerprint density at radius 1 is 1.25 bits per heavy atom. The summed E-state index contributed by atoms with van der Waals surface area (Å²) in [6.07, 6.45) is 1.91. The number of aromatic amines is 1. The number of hydrogen-bond acceptors (Lipinski definition) is 4. The molecule has 0 amide bonds. The molecule has 0 atom stereocenters. The van der Waals surface area contributed by atoms with Gasteiger partial charge in [-0.05, 0) is 31.0 Å². The predicted octanol–water partition coefficient (Wildman–Crippen LogP) is 2.59. The summed E-state index contributed by atoms with van der Waals surface area (Å²) < 4.78 is 31.4. The van der Waals surface area contributed by atoms with Gasteiger partial charge in [0.15, 0.2) is 11.6 Å². The number of hydrogen-bond donors (Lipinski definition) is 2. The topological polar surface area (TPSA) is 53.2 Å². The van der Waals surface area contributed by atoms with Gasteiger partial charge in [0, 0.05) is 44.5 Å². The molecule has 0 spiro atoms. The Morgan fingerprint density at radius 2 is 2.04 bits per heavy atom. The maximum absolute atomic E-state index is 13.3. The number of halogens is 2. The normalized spacial score (nSPS) is 15.9. The van der Waals surface area contributed by atoms with Gasteiger partial charge in [0.1, 0.15) is 0 Å². The first kappa shape index (κ1) is 16.9. The van der Waals surface area contributed by atoms with E-state index in [2.05, 4.69) is 20.4 Å².